The number of nitrogens with two attached hydrogens (primary N) is 1. The van der Waals surface area contributed by atoms with Gasteiger partial charge in [0.15, 0.2) is 0 Å². The maximum atomic E-state index is 5.72. The molecule has 0 aliphatic heterocycles. The molecule has 13 heavy (non-hydrogen) atoms. The predicted octanol–water partition coefficient (Wildman–Crippen LogP) is 2.84. The highest BCUT2D eigenvalue weighted by atomic mass is 16.3. The van der Waals surface area contributed by atoms with Crippen molar-refractivity contribution in [3.63, 3.8) is 0 Å². The number of hydrogen-bond acceptors (Lipinski definition) is 2. The Hall–Kier alpha value is -1.70. The van der Waals surface area contributed by atoms with Gasteiger partial charge < -0.3 is 10.2 Å². The first-order chi connectivity index (χ1) is 6.27. The van der Waals surface area contributed by atoms with E-state index in [1.54, 1.807) is 12.5 Å². The number of aryl methyl sites for hydroxylation is 1. The van der Waals surface area contributed by atoms with E-state index >= 15 is 0 Å². The second-order valence-electron chi connectivity index (χ2n) is 3.11. The molecule has 1 aromatic carbocycles. The lowest BCUT2D eigenvalue weighted by Crippen LogP contribution is -1.84. The Labute approximate surface area is 77.0 Å². The van der Waals surface area contributed by atoms with E-state index in [1.165, 1.54) is 5.56 Å². The number of furan rings is 1. The van der Waals surface area contributed by atoms with Crippen LogP contribution in [0.15, 0.2) is 41.2 Å². The Balaban J connectivity index is 2.47. The molecule has 1 heterocycles. The van der Waals surface area contributed by atoms with Crippen molar-refractivity contribution in [3.05, 3.63) is 42.4 Å². The van der Waals surface area contributed by atoms with Crippen LogP contribution in [-0.4, -0.2) is 0 Å². The highest BCUT2D eigenvalue weighted by molar-refractivity contribution is 5.74. The van der Waals surface area contributed by atoms with Gasteiger partial charge in [0.25, 0.3) is 0 Å². The summed E-state index contributed by atoms with van der Waals surface area (Å²) in [7, 11) is 0. The Bertz CT molecular complexity index is 400. The van der Waals surface area contributed by atoms with Crippen molar-refractivity contribution in [1.82, 2.24) is 0 Å². The van der Waals surface area contributed by atoms with Gasteiger partial charge >= 0.3 is 0 Å². The van der Waals surface area contributed by atoms with Gasteiger partial charge in [-0.05, 0) is 12.5 Å². The van der Waals surface area contributed by atoms with Crippen LogP contribution in [0.4, 0.5) is 5.69 Å². The summed E-state index contributed by atoms with van der Waals surface area (Å²) in [5.41, 5.74) is 9.70. The minimum atomic E-state index is 0.684. The molecule has 0 saturated heterocycles. The topological polar surface area (TPSA) is 39.2 Å². The summed E-state index contributed by atoms with van der Waals surface area (Å²) >= 11 is 0. The zero-order valence-corrected chi connectivity index (χ0v) is 7.45. The average Bonchev–Trinajstić information content (AvgIpc) is 2.53. The van der Waals surface area contributed by atoms with Crippen molar-refractivity contribution in [2.24, 2.45) is 0 Å². The van der Waals surface area contributed by atoms with Crippen LogP contribution in [0, 0.1) is 6.92 Å². The van der Waals surface area contributed by atoms with Crippen molar-refractivity contribution in [3.8, 4) is 11.1 Å². The van der Waals surface area contributed by atoms with E-state index in [-0.39, 0.29) is 0 Å². The van der Waals surface area contributed by atoms with E-state index in [9.17, 15) is 0 Å². The van der Waals surface area contributed by atoms with Gasteiger partial charge in [-0.15, -0.1) is 0 Å². The van der Waals surface area contributed by atoms with Crippen molar-refractivity contribution in [1.29, 1.82) is 0 Å². The van der Waals surface area contributed by atoms with Gasteiger partial charge in [-0.3, -0.25) is 0 Å². The number of anilines is 1. The second-order valence-corrected chi connectivity index (χ2v) is 3.11. The van der Waals surface area contributed by atoms with Crippen molar-refractivity contribution in [2.45, 2.75) is 6.92 Å². The fourth-order valence-corrected chi connectivity index (χ4v) is 1.27. The summed E-state index contributed by atoms with van der Waals surface area (Å²) in [6.45, 7) is 2.06. The summed E-state index contributed by atoms with van der Waals surface area (Å²) in [5, 5.41) is 0. The molecule has 0 aliphatic rings. The molecule has 2 nitrogen and oxygen atoms in total. The van der Waals surface area contributed by atoms with Crippen LogP contribution in [0.3, 0.4) is 0 Å². The molecule has 0 radical (unpaired) electrons. The minimum absolute atomic E-state index is 0.684. The fourth-order valence-electron chi connectivity index (χ4n) is 1.27. The molecule has 0 aliphatic carbocycles. The summed E-state index contributed by atoms with van der Waals surface area (Å²) in [5.74, 6) is 0. The van der Waals surface area contributed by atoms with E-state index < -0.39 is 0 Å². The molecular formula is C11H11NO. The third-order valence-electron chi connectivity index (χ3n) is 2.05. The lowest BCUT2D eigenvalue weighted by molar-refractivity contribution is 0.569. The van der Waals surface area contributed by atoms with E-state index in [1.807, 2.05) is 12.1 Å². The quantitative estimate of drug-likeness (QED) is 0.720. The Kier molecular flexibility index (Phi) is 1.81. The predicted molar refractivity (Wildman–Crippen MR) is 53.3 cm³/mol. The zero-order valence-electron chi connectivity index (χ0n) is 7.45. The normalized spacial score (nSPS) is 10.2. The van der Waals surface area contributed by atoms with Crippen LogP contribution in [-0.2, 0) is 0 Å². The maximum Gasteiger partial charge on any atom is 0.114 e. The van der Waals surface area contributed by atoms with Gasteiger partial charge in [0.1, 0.15) is 12.5 Å². The lowest BCUT2D eigenvalue weighted by atomic mass is 10.1. The molecule has 66 valence electrons. The molecule has 2 rings (SSSR count). The van der Waals surface area contributed by atoms with Gasteiger partial charge in [-0.2, -0.15) is 0 Å². The first-order valence-corrected chi connectivity index (χ1v) is 4.16. The van der Waals surface area contributed by atoms with Crippen molar-refractivity contribution >= 4 is 5.69 Å². The largest absolute Gasteiger partial charge is 0.470 e. The standard InChI is InChI=1S/C11H11NO/c1-8-2-4-9(5-3-8)10-6-13-7-11(10)12/h2-7H,12H2,1H3. The third kappa shape index (κ3) is 1.43. The monoisotopic (exact) mass is 173 g/mol. The minimum Gasteiger partial charge on any atom is -0.470 e. The van der Waals surface area contributed by atoms with Crippen LogP contribution in [0.5, 0.6) is 0 Å². The van der Waals surface area contributed by atoms with Gasteiger partial charge in [0.05, 0.1) is 5.69 Å². The molecule has 0 atom stereocenters. The van der Waals surface area contributed by atoms with E-state index in [4.69, 9.17) is 10.2 Å². The van der Waals surface area contributed by atoms with Gasteiger partial charge in [-0.1, -0.05) is 29.8 Å². The first-order valence-electron chi connectivity index (χ1n) is 4.16. The highest BCUT2D eigenvalue weighted by Crippen LogP contribution is 2.26. The molecule has 2 heteroatoms. The fraction of sp³-hybridized carbons (Fsp3) is 0.0909. The van der Waals surface area contributed by atoms with Crippen LogP contribution < -0.4 is 5.73 Å². The molecule has 2 N–H and O–H groups in total. The molecule has 0 spiro atoms. The number of nitrogen functional groups attached to an aromatic ring is 1. The van der Waals surface area contributed by atoms with Crippen LogP contribution in [0.25, 0.3) is 11.1 Å². The number of hydrogen-bond donors (Lipinski definition) is 1. The van der Waals surface area contributed by atoms with E-state index in [0.717, 1.165) is 11.1 Å². The van der Waals surface area contributed by atoms with Crippen LogP contribution >= 0.6 is 0 Å². The molecule has 0 saturated carbocycles. The molecule has 0 amide bonds. The molecule has 2 aromatic rings. The maximum absolute atomic E-state index is 5.72. The van der Waals surface area contributed by atoms with Crippen molar-refractivity contribution < 1.29 is 4.42 Å². The molecule has 0 bridgehead atoms. The summed E-state index contributed by atoms with van der Waals surface area (Å²) in [6.07, 6.45) is 3.22. The first kappa shape index (κ1) is 7.92. The summed E-state index contributed by atoms with van der Waals surface area (Å²) in [4.78, 5) is 0. The second kappa shape index (κ2) is 2.98. The SMILES string of the molecule is Cc1ccc(-c2cocc2N)cc1. The number of benzene rings is 1. The van der Waals surface area contributed by atoms with Crippen LogP contribution in [0.1, 0.15) is 5.56 Å². The van der Waals surface area contributed by atoms with Gasteiger partial charge in [0, 0.05) is 5.56 Å². The van der Waals surface area contributed by atoms with Crippen LogP contribution in [0.2, 0.25) is 0 Å². The zero-order chi connectivity index (χ0) is 9.26. The molecule has 0 fully saturated rings. The molecular weight excluding hydrogens is 162 g/mol. The summed E-state index contributed by atoms with van der Waals surface area (Å²) < 4.78 is 5.00. The Morgan fingerprint density at radius 1 is 1.08 bits per heavy atom. The molecule has 0 unspecified atom stereocenters. The Morgan fingerprint density at radius 2 is 1.77 bits per heavy atom. The number of rotatable bonds is 1. The molecule has 1 aromatic heterocycles. The van der Waals surface area contributed by atoms with E-state index in [0.29, 0.717) is 5.69 Å². The third-order valence-corrected chi connectivity index (χ3v) is 2.05. The summed E-state index contributed by atoms with van der Waals surface area (Å²) in [6, 6.07) is 8.19. The smallest absolute Gasteiger partial charge is 0.114 e. The lowest BCUT2D eigenvalue weighted by Gasteiger charge is -1.98. The highest BCUT2D eigenvalue weighted by Gasteiger charge is 2.03. The van der Waals surface area contributed by atoms with Crippen molar-refractivity contribution in [2.75, 3.05) is 5.73 Å². The average molecular weight is 173 g/mol. The van der Waals surface area contributed by atoms with Gasteiger partial charge in [0.2, 0.25) is 0 Å². The van der Waals surface area contributed by atoms with Gasteiger partial charge in [-0.25, -0.2) is 0 Å². The van der Waals surface area contributed by atoms with E-state index in [2.05, 4.69) is 19.1 Å². The Morgan fingerprint density at radius 3 is 2.31 bits per heavy atom.